The molecule has 0 spiro atoms. The van der Waals surface area contributed by atoms with Gasteiger partial charge in [-0.15, -0.1) is 12.4 Å². The van der Waals surface area contributed by atoms with Gasteiger partial charge in [0.2, 0.25) is 5.91 Å². The lowest BCUT2D eigenvalue weighted by molar-refractivity contribution is -0.121. The van der Waals surface area contributed by atoms with E-state index < -0.39 is 0 Å². The van der Waals surface area contributed by atoms with Crippen molar-refractivity contribution in [1.82, 2.24) is 10.2 Å². The van der Waals surface area contributed by atoms with Crippen molar-refractivity contribution in [3.05, 3.63) is 35.6 Å². The Hall–Kier alpha value is -1.17. The van der Waals surface area contributed by atoms with Crippen LogP contribution in [0, 0.1) is 5.82 Å². The van der Waals surface area contributed by atoms with E-state index in [4.69, 9.17) is 5.73 Å². The highest BCUT2D eigenvalue weighted by Gasteiger charge is 2.22. The summed E-state index contributed by atoms with van der Waals surface area (Å²) in [4.78, 5) is 13.9. The molecule has 0 bridgehead atoms. The maximum atomic E-state index is 13.3. The number of carbonyl (C=O) groups excluding carboxylic acids is 1. The summed E-state index contributed by atoms with van der Waals surface area (Å²) in [6, 6.07) is 7.06. The summed E-state index contributed by atoms with van der Waals surface area (Å²) in [5.41, 5.74) is 6.36. The molecule has 0 aliphatic carbocycles. The first-order valence-electron chi connectivity index (χ1n) is 7.64. The Morgan fingerprint density at radius 1 is 1.41 bits per heavy atom. The van der Waals surface area contributed by atoms with Gasteiger partial charge in [0.1, 0.15) is 5.82 Å². The second-order valence-electron chi connectivity index (χ2n) is 5.59. The van der Waals surface area contributed by atoms with E-state index in [9.17, 15) is 9.18 Å². The molecule has 1 aliphatic heterocycles. The normalized spacial score (nSPS) is 18.5. The lowest BCUT2D eigenvalue weighted by Gasteiger charge is -2.36. The van der Waals surface area contributed by atoms with Crippen molar-refractivity contribution in [3.63, 3.8) is 0 Å². The highest BCUT2D eigenvalue weighted by Crippen LogP contribution is 2.19. The maximum Gasteiger partial charge on any atom is 0.221 e. The van der Waals surface area contributed by atoms with E-state index in [0.717, 1.165) is 31.5 Å². The molecule has 1 aromatic carbocycles. The molecule has 0 saturated carbocycles. The smallest absolute Gasteiger partial charge is 0.221 e. The van der Waals surface area contributed by atoms with Gasteiger partial charge >= 0.3 is 0 Å². The van der Waals surface area contributed by atoms with Gasteiger partial charge in [-0.25, -0.2) is 4.39 Å². The van der Waals surface area contributed by atoms with Crippen LogP contribution in [0.2, 0.25) is 0 Å². The number of nitrogens with zero attached hydrogens (tertiary/aromatic N) is 1. The summed E-state index contributed by atoms with van der Waals surface area (Å²) in [6.45, 7) is 2.75. The van der Waals surface area contributed by atoms with E-state index in [1.54, 1.807) is 12.1 Å². The van der Waals surface area contributed by atoms with Gasteiger partial charge in [0.15, 0.2) is 0 Å². The third-order valence-electron chi connectivity index (χ3n) is 3.93. The standard InChI is InChI=1S/C16H24FN3O.ClH/c17-14-5-3-4-13(10-14)12-20-9-2-1-6-15(20)11-19-16(21)7-8-18;/h3-5,10,15H,1-2,6-9,11-12,18H2,(H,19,21);1H. The average molecular weight is 330 g/mol. The fourth-order valence-electron chi connectivity index (χ4n) is 2.82. The number of rotatable bonds is 6. The molecule has 4 nitrogen and oxygen atoms in total. The zero-order valence-corrected chi connectivity index (χ0v) is 13.6. The Morgan fingerprint density at radius 3 is 2.95 bits per heavy atom. The van der Waals surface area contributed by atoms with Gasteiger partial charge in [0, 0.05) is 32.1 Å². The predicted octanol–water partition coefficient (Wildman–Crippen LogP) is 2.07. The molecule has 1 aromatic rings. The third kappa shape index (κ3) is 5.91. The monoisotopic (exact) mass is 329 g/mol. The first kappa shape index (κ1) is 18.9. The van der Waals surface area contributed by atoms with Crippen LogP contribution < -0.4 is 11.1 Å². The first-order valence-corrected chi connectivity index (χ1v) is 7.64. The number of nitrogens with one attached hydrogen (secondary N) is 1. The molecule has 0 radical (unpaired) electrons. The largest absolute Gasteiger partial charge is 0.354 e. The van der Waals surface area contributed by atoms with Crippen molar-refractivity contribution < 1.29 is 9.18 Å². The molecule has 1 fully saturated rings. The molecular formula is C16H25ClFN3O. The molecule has 124 valence electrons. The van der Waals surface area contributed by atoms with Gasteiger partial charge in [-0.05, 0) is 37.1 Å². The van der Waals surface area contributed by atoms with Crippen molar-refractivity contribution in [1.29, 1.82) is 0 Å². The van der Waals surface area contributed by atoms with E-state index in [-0.39, 0.29) is 24.1 Å². The first-order chi connectivity index (χ1) is 10.2. The van der Waals surface area contributed by atoms with Crippen molar-refractivity contribution in [2.45, 2.75) is 38.3 Å². The Kier molecular flexibility index (Phi) is 8.38. The Morgan fingerprint density at radius 2 is 2.23 bits per heavy atom. The van der Waals surface area contributed by atoms with Gasteiger partial charge in [-0.1, -0.05) is 18.6 Å². The Bertz CT molecular complexity index is 472. The van der Waals surface area contributed by atoms with Crippen LogP contribution in [-0.2, 0) is 11.3 Å². The summed E-state index contributed by atoms with van der Waals surface area (Å²) in [7, 11) is 0. The molecule has 2 rings (SSSR count). The number of halogens is 2. The number of carbonyl (C=O) groups is 1. The number of piperidine rings is 1. The number of likely N-dealkylation sites (tertiary alicyclic amines) is 1. The van der Waals surface area contributed by atoms with Crippen LogP contribution >= 0.6 is 12.4 Å². The second kappa shape index (κ2) is 9.77. The summed E-state index contributed by atoms with van der Waals surface area (Å²) in [6.07, 6.45) is 3.77. The molecule has 6 heteroatoms. The quantitative estimate of drug-likeness (QED) is 0.840. The lowest BCUT2D eigenvalue weighted by Crippen LogP contribution is -2.46. The molecular weight excluding hydrogens is 305 g/mol. The molecule has 0 aromatic heterocycles. The SMILES string of the molecule is Cl.NCCC(=O)NCC1CCCCN1Cc1cccc(F)c1. The van der Waals surface area contributed by atoms with Crippen LogP contribution in [0.15, 0.2) is 24.3 Å². The molecule has 1 aliphatic rings. The van der Waals surface area contributed by atoms with E-state index in [0.29, 0.717) is 25.6 Å². The van der Waals surface area contributed by atoms with Gasteiger partial charge < -0.3 is 11.1 Å². The predicted molar refractivity (Wildman–Crippen MR) is 88.4 cm³/mol. The zero-order chi connectivity index (χ0) is 15.1. The molecule has 1 heterocycles. The minimum absolute atomic E-state index is 0. The minimum Gasteiger partial charge on any atom is -0.354 e. The van der Waals surface area contributed by atoms with Crippen molar-refractivity contribution in [2.75, 3.05) is 19.6 Å². The molecule has 1 atom stereocenters. The number of hydrogen-bond acceptors (Lipinski definition) is 3. The van der Waals surface area contributed by atoms with Crippen LogP contribution in [0.3, 0.4) is 0 Å². The van der Waals surface area contributed by atoms with E-state index in [2.05, 4.69) is 10.2 Å². The second-order valence-corrected chi connectivity index (χ2v) is 5.59. The van der Waals surface area contributed by atoms with Gasteiger partial charge in [-0.2, -0.15) is 0 Å². The van der Waals surface area contributed by atoms with Gasteiger partial charge in [-0.3, -0.25) is 9.69 Å². The summed E-state index contributed by atoms with van der Waals surface area (Å²) < 4.78 is 13.3. The molecule has 3 N–H and O–H groups in total. The number of nitrogens with two attached hydrogens (primary N) is 1. The average Bonchev–Trinajstić information content (AvgIpc) is 2.47. The molecule has 1 saturated heterocycles. The topological polar surface area (TPSA) is 58.4 Å². The number of benzene rings is 1. The van der Waals surface area contributed by atoms with Crippen LogP contribution in [0.4, 0.5) is 4.39 Å². The minimum atomic E-state index is -0.197. The molecule has 1 unspecified atom stereocenters. The molecule has 1 amide bonds. The van der Waals surface area contributed by atoms with Crippen molar-refractivity contribution in [3.8, 4) is 0 Å². The fourth-order valence-corrected chi connectivity index (χ4v) is 2.82. The highest BCUT2D eigenvalue weighted by atomic mass is 35.5. The van der Waals surface area contributed by atoms with Crippen molar-refractivity contribution in [2.24, 2.45) is 5.73 Å². The third-order valence-corrected chi connectivity index (χ3v) is 3.93. The van der Waals surface area contributed by atoms with E-state index in [1.165, 1.54) is 12.5 Å². The van der Waals surface area contributed by atoms with Crippen LogP contribution in [0.25, 0.3) is 0 Å². The fraction of sp³-hybridized carbons (Fsp3) is 0.562. The highest BCUT2D eigenvalue weighted by molar-refractivity contribution is 5.85. The van der Waals surface area contributed by atoms with Crippen LogP contribution in [0.5, 0.6) is 0 Å². The van der Waals surface area contributed by atoms with Crippen LogP contribution in [-0.4, -0.2) is 36.5 Å². The number of amides is 1. The number of hydrogen-bond donors (Lipinski definition) is 2. The van der Waals surface area contributed by atoms with E-state index >= 15 is 0 Å². The van der Waals surface area contributed by atoms with Gasteiger partial charge in [0.25, 0.3) is 0 Å². The van der Waals surface area contributed by atoms with E-state index in [1.807, 2.05) is 6.07 Å². The Labute approximate surface area is 137 Å². The Balaban J connectivity index is 0.00000242. The van der Waals surface area contributed by atoms with Crippen molar-refractivity contribution >= 4 is 18.3 Å². The summed E-state index contributed by atoms with van der Waals surface area (Å²) >= 11 is 0. The summed E-state index contributed by atoms with van der Waals surface area (Å²) in [5.74, 6) is -0.189. The molecule has 22 heavy (non-hydrogen) atoms. The zero-order valence-electron chi connectivity index (χ0n) is 12.8. The maximum absolute atomic E-state index is 13.3. The van der Waals surface area contributed by atoms with Crippen LogP contribution in [0.1, 0.15) is 31.2 Å². The lowest BCUT2D eigenvalue weighted by atomic mass is 10.0. The van der Waals surface area contributed by atoms with Gasteiger partial charge in [0.05, 0.1) is 0 Å². The summed E-state index contributed by atoms with van der Waals surface area (Å²) in [5, 5.41) is 2.95.